The molecule has 4 atom stereocenters. The summed E-state index contributed by atoms with van der Waals surface area (Å²) in [5, 5.41) is 5.75. The van der Waals surface area contributed by atoms with Crippen molar-refractivity contribution < 1.29 is 24.0 Å². The first kappa shape index (κ1) is 42.5. The normalized spacial score (nSPS) is 13.8. The van der Waals surface area contributed by atoms with Crippen LogP contribution in [-0.2, 0) is 36.8 Å². The number of H-pyrrole nitrogens is 2. The lowest BCUT2D eigenvalue weighted by atomic mass is 9.87. The molecule has 4 N–H and O–H groups in total. The van der Waals surface area contributed by atoms with Gasteiger partial charge in [0.1, 0.15) is 5.78 Å². The third kappa shape index (κ3) is 17.3. The second-order valence-electron chi connectivity index (χ2n) is 14.5. The van der Waals surface area contributed by atoms with Crippen LogP contribution in [0.15, 0.2) is 25.0 Å². The Morgan fingerprint density at radius 2 is 1.20 bits per heavy atom. The molecule has 280 valence electrons. The molecule has 0 unspecified atom stereocenters. The number of unbranched alkanes of at least 4 members (excludes halogenated alkanes) is 12. The van der Waals surface area contributed by atoms with Crippen LogP contribution in [0.2, 0.25) is 0 Å². The number of Topliss-reactive ketones (excluding diaryl/α,β-unsaturated/α-hetero) is 3. The maximum Gasteiger partial charge on any atom is 0.223 e. The maximum absolute atomic E-state index is 13.5. The average molecular weight is 697 g/mol. The number of hydrogen-bond acceptors (Lipinski definition) is 7. The molecule has 0 aliphatic heterocycles. The van der Waals surface area contributed by atoms with E-state index in [0.29, 0.717) is 18.5 Å². The molecule has 0 saturated heterocycles. The topological polar surface area (TPSA) is 167 Å². The molecule has 0 radical (unpaired) electrons. The van der Waals surface area contributed by atoms with Gasteiger partial charge in [-0.15, -0.1) is 0 Å². The fourth-order valence-corrected chi connectivity index (χ4v) is 6.27. The summed E-state index contributed by atoms with van der Waals surface area (Å²) in [6, 6.07) is -1.61. The summed E-state index contributed by atoms with van der Waals surface area (Å²) in [6.07, 6.45) is 23.0. The molecule has 0 aromatic carbocycles. The van der Waals surface area contributed by atoms with E-state index in [1.807, 2.05) is 13.8 Å². The number of aromatic amines is 2. The van der Waals surface area contributed by atoms with Gasteiger partial charge < -0.3 is 20.6 Å². The molecule has 0 aliphatic rings. The summed E-state index contributed by atoms with van der Waals surface area (Å²) in [4.78, 5) is 79.3. The Kier molecular flexibility index (Phi) is 20.8. The largest absolute Gasteiger partial charge is 0.348 e. The maximum atomic E-state index is 13.5. The fourth-order valence-electron chi connectivity index (χ4n) is 6.27. The lowest BCUT2D eigenvalue weighted by Gasteiger charge is -2.25. The second kappa shape index (κ2) is 24.5. The SMILES string of the molecule is CCCCCCCCCCCCCCCC(=O)N[C@@H](Cc1cnc[nH]1)C(=O)C[C@@H](C)C(=O)N[C@H](C(=O)C[C@@H](Cc1cnc[nH]1)C(C)=O)C(C)C. The van der Waals surface area contributed by atoms with Gasteiger partial charge in [0.15, 0.2) is 11.6 Å². The van der Waals surface area contributed by atoms with Gasteiger partial charge in [0, 0.05) is 61.3 Å². The molecule has 11 heteroatoms. The Morgan fingerprint density at radius 3 is 1.68 bits per heavy atom. The van der Waals surface area contributed by atoms with Gasteiger partial charge in [0.25, 0.3) is 0 Å². The minimum Gasteiger partial charge on any atom is -0.348 e. The van der Waals surface area contributed by atoms with Gasteiger partial charge in [0.05, 0.1) is 24.7 Å². The van der Waals surface area contributed by atoms with Crippen LogP contribution in [0, 0.1) is 17.8 Å². The van der Waals surface area contributed by atoms with E-state index in [-0.39, 0.29) is 48.4 Å². The highest BCUT2D eigenvalue weighted by molar-refractivity contribution is 5.95. The summed E-state index contributed by atoms with van der Waals surface area (Å²) < 4.78 is 0. The van der Waals surface area contributed by atoms with Crippen molar-refractivity contribution in [2.45, 2.75) is 162 Å². The number of nitrogens with zero attached hydrogens (tertiary/aromatic N) is 2. The number of rotatable bonds is 29. The average Bonchev–Trinajstić information content (AvgIpc) is 3.79. The molecule has 2 rings (SSSR count). The summed E-state index contributed by atoms with van der Waals surface area (Å²) >= 11 is 0. The molecule has 50 heavy (non-hydrogen) atoms. The molecule has 0 bridgehead atoms. The van der Waals surface area contributed by atoms with Gasteiger partial charge in [-0.2, -0.15) is 0 Å². The second-order valence-corrected chi connectivity index (χ2v) is 14.5. The molecule has 2 aromatic rings. The van der Waals surface area contributed by atoms with Crippen LogP contribution in [0.3, 0.4) is 0 Å². The van der Waals surface area contributed by atoms with Gasteiger partial charge in [-0.1, -0.05) is 105 Å². The van der Waals surface area contributed by atoms with E-state index in [2.05, 4.69) is 37.5 Å². The van der Waals surface area contributed by atoms with Crippen LogP contribution in [-0.4, -0.2) is 61.2 Å². The van der Waals surface area contributed by atoms with Gasteiger partial charge >= 0.3 is 0 Å². The summed E-state index contributed by atoms with van der Waals surface area (Å²) in [7, 11) is 0. The predicted octanol–water partition coefficient (Wildman–Crippen LogP) is 6.78. The quantitative estimate of drug-likeness (QED) is 0.0680. The van der Waals surface area contributed by atoms with Gasteiger partial charge in [-0.05, 0) is 25.7 Å². The lowest BCUT2D eigenvalue weighted by Crippen LogP contribution is -2.48. The highest BCUT2D eigenvalue weighted by atomic mass is 16.2. The molecule has 0 fully saturated rings. The van der Waals surface area contributed by atoms with E-state index >= 15 is 0 Å². The van der Waals surface area contributed by atoms with Crippen molar-refractivity contribution in [1.82, 2.24) is 30.6 Å². The monoisotopic (exact) mass is 696 g/mol. The third-order valence-electron chi connectivity index (χ3n) is 9.52. The Hall–Kier alpha value is -3.63. The summed E-state index contributed by atoms with van der Waals surface area (Å²) in [5.74, 6) is -2.68. The number of hydrogen-bond donors (Lipinski definition) is 4. The number of nitrogens with one attached hydrogen (secondary N) is 4. The fraction of sp³-hybridized carbons (Fsp3) is 0.718. The lowest BCUT2D eigenvalue weighted by molar-refractivity contribution is -0.134. The molecular formula is C39H64N6O5. The van der Waals surface area contributed by atoms with Crippen LogP contribution >= 0.6 is 0 Å². The first-order valence-electron chi connectivity index (χ1n) is 19.1. The van der Waals surface area contributed by atoms with Crippen LogP contribution < -0.4 is 10.6 Å². The Labute approximate surface area is 299 Å². The van der Waals surface area contributed by atoms with Gasteiger partial charge in [-0.25, -0.2) is 9.97 Å². The predicted molar refractivity (Wildman–Crippen MR) is 196 cm³/mol. The van der Waals surface area contributed by atoms with Crippen molar-refractivity contribution in [2.24, 2.45) is 17.8 Å². The minimum absolute atomic E-state index is 0.0116. The zero-order valence-electron chi connectivity index (χ0n) is 31.4. The van der Waals surface area contributed by atoms with Crippen molar-refractivity contribution in [3.8, 4) is 0 Å². The number of carbonyl (C=O) groups is 5. The van der Waals surface area contributed by atoms with E-state index in [1.54, 1.807) is 19.3 Å². The van der Waals surface area contributed by atoms with Gasteiger partial charge in [0.2, 0.25) is 11.8 Å². The Morgan fingerprint density at radius 1 is 0.680 bits per heavy atom. The van der Waals surface area contributed by atoms with Gasteiger partial charge in [-0.3, -0.25) is 24.0 Å². The molecule has 2 heterocycles. The molecule has 11 nitrogen and oxygen atoms in total. The standard InChI is InChI=1S/C39H64N6O5/c1-6-7-8-9-10-11-12-13-14-15-16-17-18-19-37(49)44-34(23-33-25-41-27-43-33)35(47)20-29(4)39(50)45-38(28(2)3)36(48)22-31(30(5)46)21-32-24-40-26-42-32/h24-29,31,34,38H,6-23H2,1-5H3,(H,40,42)(H,41,43)(H,44,49)(H,45,50)/t29-,31-,34+,38+/m1/s1. The van der Waals surface area contributed by atoms with Crippen LogP contribution in [0.4, 0.5) is 0 Å². The molecule has 0 spiro atoms. The molecule has 2 aromatic heterocycles. The first-order chi connectivity index (χ1) is 24.0. The zero-order valence-corrected chi connectivity index (χ0v) is 31.4. The smallest absolute Gasteiger partial charge is 0.223 e. The van der Waals surface area contributed by atoms with Crippen molar-refractivity contribution in [2.75, 3.05) is 0 Å². The Balaban J connectivity index is 1.82. The minimum atomic E-state index is -0.804. The van der Waals surface area contributed by atoms with Crippen molar-refractivity contribution >= 4 is 29.2 Å². The third-order valence-corrected chi connectivity index (χ3v) is 9.52. The summed E-state index contributed by atoms with van der Waals surface area (Å²) in [5.41, 5.74) is 1.47. The van der Waals surface area contributed by atoms with E-state index in [0.717, 1.165) is 25.0 Å². The van der Waals surface area contributed by atoms with E-state index in [9.17, 15) is 24.0 Å². The van der Waals surface area contributed by atoms with E-state index in [4.69, 9.17) is 0 Å². The highest BCUT2D eigenvalue weighted by Crippen LogP contribution is 2.18. The van der Waals surface area contributed by atoms with E-state index in [1.165, 1.54) is 83.8 Å². The number of aromatic nitrogens is 4. The van der Waals surface area contributed by atoms with Crippen molar-refractivity contribution in [3.05, 3.63) is 36.4 Å². The first-order valence-corrected chi connectivity index (χ1v) is 19.1. The molecular weight excluding hydrogens is 632 g/mol. The highest BCUT2D eigenvalue weighted by Gasteiger charge is 2.31. The van der Waals surface area contributed by atoms with Crippen molar-refractivity contribution in [3.63, 3.8) is 0 Å². The van der Waals surface area contributed by atoms with Crippen LogP contribution in [0.5, 0.6) is 0 Å². The summed E-state index contributed by atoms with van der Waals surface area (Å²) in [6.45, 7) is 9.03. The molecule has 0 aliphatic carbocycles. The van der Waals surface area contributed by atoms with E-state index < -0.39 is 29.8 Å². The van der Waals surface area contributed by atoms with Crippen LogP contribution in [0.1, 0.15) is 149 Å². The van der Waals surface area contributed by atoms with Crippen LogP contribution in [0.25, 0.3) is 0 Å². The Bertz CT molecular complexity index is 1260. The number of amides is 2. The zero-order chi connectivity index (χ0) is 36.7. The number of carbonyl (C=O) groups excluding carboxylic acids is 5. The molecule has 2 amide bonds. The number of imidazole rings is 2. The molecule has 0 saturated carbocycles. The van der Waals surface area contributed by atoms with Crippen molar-refractivity contribution in [1.29, 1.82) is 0 Å². The number of ketones is 3.